The molecule has 0 saturated heterocycles. The summed E-state index contributed by atoms with van der Waals surface area (Å²) in [6, 6.07) is 1.80. The number of amides is 1. The molecule has 19 heavy (non-hydrogen) atoms. The van der Waals surface area contributed by atoms with E-state index < -0.39 is 5.97 Å². The monoisotopic (exact) mass is 269 g/mol. The van der Waals surface area contributed by atoms with Crippen molar-refractivity contribution in [2.75, 3.05) is 19.7 Å². The molecule has 0 aliphatic carbocycles. The van der Waals surface area contributed by atoms with Crippen LogP contribution in [0.5, 0.6) is 0 Å². The minimum Gasteiger partial charge on any atom is -0.480 e. The Hall–Kier alpha value is -1.89. The van der Waals surface area contributed by atoms with E-state index in [0.717, 1.165) is 5.69 Å². The fourth-order valence-electron chi connectivity index (χ4n) is 1.60. The lowest BCUT2D eigenvalue weighted by Crippen LogP contribution is -2.38. The van der Waals surface area contributed by atoms with Gasteiger partial charge < -0.3 is 14.7 Å². The van der Waals surface area contributed by atoms with E-state index in [1.54, 1.807) is 24.0 Å². The van der Waals surface area contributed by atoms with E-state index in [9.17, 15) is 9.59 Å². The predicted molar refractivity (Wildman–Crippen MR) is 67.4 cm³/mol. The van der Waals surface area contributed by atoms with Crippen LogP contribution in [-0.2, 0) is 28.0 Å². The van der Waals surface area contributed by atoms with Gasteiger partial charge in [-0.1, -0.05) is 6.92 Å². The summed E-state index contributed by atoms with van der Waals surface area (Å²) in [6.07, 6.45) is 2.36. The summed E-state index contributed by atoms with van der Waals surface area (Å²) in [7, 11) is 1.79. The number of nitrogens with zero attached hydrogens (tertiary/aromatic N) is 3. The molecule has 0 spiro atoms. The Morgan fingerprint density at radius 3 is 2.79 bits per heavy atom. The van der Waals surface area contributed by atoms with Crippen LogP contribution in [0, 0.1) is 0 Å². The van der Waals surface area contributed by atoms with E-state index in [2.05, 4.69) is 5.10 Å². The number of hydrogen-bond donors (Lipinski definition) is 1. The Labute approximate surface area is 111 Å². The Balaban J connectivity index is 2.39. The smallest absolute Gasteiger partial charge is 0.323 e. The highest BCUT2D eigenvalue weighted by molar-refractivity contribution is 5.82. The first-order chi connectivity index (χ1) is 9.04. The number of carboxylic acids is 1. The first-order valence-electron chi connectivity index (χ1n) is 6.08. The fourth-order valence-corrected chi connectivity index (χ4v) is 1.60. The van der Waals surface area contributed by atoms with Gasteiger partial charge in [0.2, 0.25) is 5.91 Å². The van der Waals surface area contributed by atoms with E-state index in [4.69, 9.17) is 9.84 Å². The summed E-state index contributed by atoms with van der Waals surface area (Å²) in [4.78, 5) is 23.7. The molecule has 1 N–H and O–H groups in total. The van der Waals surface area contributed by atoms with Crippen molar-refractivity contribution >= 4 is 11.9 Å². The van der Waals surface area contributed by atoms with E-state index >= 15 is 0 Å². The minimum atomic E-state index is -1.02. The Bertz CT molecular complexity index is 430. The Morgan fingerprint density at radius 2 is 2.26 bits per heavy atom. The second kappa shape index (κ2) is 7.52. The van der Waals surface area contributed by atoms with Gasteiger partial charge in [-0.3, -0.25) is 14.3 Å². The van der Waals surface area contributed by atoms with Gasteiger partial charge in [-0.2, -0.15) is 5.10 Å². The molecular weight excluding hydrogens is 250 g/mol. The van der Waals surface area contributed by atoms with Crippen LogP contribution in [0.25, 0.3) is 0 Å². The Kier molecular flexibility index (Phi) is 6.01. The number of carbonyl (C=O) groups excluding carboxylic acids is 1. The summed E-state index contributed by atoms with van der Waals surface area (Å²) in [5.41, 5.74) is 0.855. The highest BCUT2D eigenvalue weighted by Gasteiger charge is 2.15. The van der Waals surface area contributed by atoms with Crippen molar-refractivity contribution in [3.8, 4) is 0 Å². The van der Waals surface area contributed by atoms with E-state index in [1.165, 1.54) is 4.90 Å². The quantitative estimate of drug-likeness (QED) is 0.731. The molecule has 7 heteroatoms. The predicted octanol–water partition coefficient (Wildman–Crippen LogP) is 0.260. The van der Waals surface area contributed by atoms with Crippen LogP contribution in [0.4, 0.5) is 0 Å². The molecule has 0 aromatic carbocycles. The first-order valence-corrected chi connectivity index (χ1v) is 6.08. The molecule has 0 unspecified atom stereocenters. The third-order valence-corrected chi connectivity index (χ3v) is 2.57. The summed E-state index contributed by atoms with van der Waals surface area (Å²) in [5.74, 6) is -1.33. The number of rotatable bonds is 8. The summed E-state index contributed by atoms with van der Waals surface area (Å²) in [5, 5.41) is 12.7. The number of aromatic nitrogens is 2. The van der Waals surface area contributed by atoms with Crippen LogP contribution >= 0.6 is 0 Å². The maximum atomic E-state index is 11.8. The van der Waals surface area contributed by atoms with Gasteiger partial charge in [0.25, 0.3) is 0 Å². The highest BCUT2D eigenvalue weighted by atomic mass is 16.5. The topological polar surface area (TPSA) is 84.7 Å². The van der Waals surface area contributed by atoms with Crippen LogP contribution in [0.15, 0.2) is 12.3 Å². The van der Waals surface area contributed by atoms with Crippen LogP contribution < -0.4 is 0 Å². The Morgan fingerprint density at radius 1 is 1.53 bits per heavy atom. The lowest BCUT2D eigenvalue weighted by Gasteiger charge is -2.19. The molecule has 0 bridgehead atoms. The SMILES string of the molecule is CCCN(CC(=O)O)C(=O)COCc1ccnn1C. The number of carbonyl (C=O) groups is 2. The lowest BCUT2D eigenvalue weighted by molar-refractivity contribution is -0.146. The van der Waals surface area contributed by atoms with Crippen LogP contribution in [-0.4, -0.2) is 51.4 Å². The van der Waals surface area contributed by atoms with Crippen molar-refractivity contribution in [3.63, 3.8) is 0 Å². The summed E-state index contributed by atoms with van der Waals surface area (Å²) < 4.78 is 6.94. The normalized spacial score (nSPS) is 10.4. The highest BCUT2D eigenvalue weighted by Crippen LogP contribution is 2.00. The maximum absolute atomic E-state index is 11.8. The number of carboxylic acid groups (broad SMARTS) is 1. The first kappa shape index (κ1) is 15.2. The zero-order valence-corrected chi connectivity index (χ0v) is 11.2. The number of aliphatic carboxylic acids is 1. The van der Waals surface area contributed by atoms with Crippen molar-refractivity contribution in [1.29, 1.82) is 0 Å². The van der Waals surface area contributed by atoms with Crippen LogP contribution in [0.3, 0.4) is 0 Å². The average molecular weight is 269 g/mol. The third-order valence-electron chi connectivity index (χ3n) is 2.57. The van der Waals surface area contributed by atoms with Crippen molar-refractivity contribution in [3.05, 3.63) is 18.0 Å². The van der Waals surface area contributed by atoms with Gasteiger partial charge >= 0.3 is 5.97 Å². The fraction of sp³-hybridized carbons (Fsp3) is 0.583. The maximum Gasteiger partial charge on any atom is 0.323 e. The minimum absolute atomic E-state index is 0.127. The molecule has 0 fully saturated rings. The van der Waals surface area contributed by atoms with E-state index in [-0.39, 0.29) is 25.7 Å². The molecule has 0 saturated carbocycles. The molecule has 0 aliphatic rings. The molecule has 0 aliphatic heterocycles. The molecule has 1 aromatic rings. The second-order valence-corrected chi connectivity index (χ2v) is 4.15. The lowest BCUT2D eigenvalue weighted by atomic mass is 10.4. The largest absolute Gasteiger partial charge is 0.480 e. The molecule has 1 aromatic heterocycles. The second-order valence-electron chi connectivity index (χ2n) is 4.15. The summed E-state index contributed by atoms with van der Waals surface area (Å²) in [6.45, 7) is 2.16. The van der Waals surface area contributed by atoms with Gasteiger partial charge in [0.1, 0.15) is 13.2 Å². The van der Waals surface area contributed by atoms with Gasteiger partial charge in [0.05, 0.1) is 12.3 Å². The van der Waals surface area contributed by atoms with Gasteiger partial charge in [-0.25, -0.2) is 0 Å². The van der Waals surface area contributed by atoms with Gasteiger partial charge in [0.15, 0.2) is 0 Å². The molecule has 1 heterocycles. The van der Waals surface area contributed by atoms with Crippen LogP contribution in [0.1, 0.15) is 19.0 Å². The molecule has 106 valence electrons. The van der Waals surface area contributed by atoms with Crippen molar-refractivity contribution in [2.45, 2.75) is 20.0 Å². The van der Waals surface area contributed by atoms with Gasteiger partial charge in [0, 0.05) is 19.8 Å². The van der Waals surface area contributed by atoms with Gasteiger partial charge in [-0.05, 0) is 12.5 Å². The standard InChI is InChI=1S/C12H19N3O4/c1-3-6-15(7-12(17)18)11(16)9-19-8-10-4-5-13-14(10)2/h4-5H,3,6-9H2,1-2H3,(H,17,18). The van der Waals surface area contributed by atoms with Crippen molar-refractivity contribution < 1.29 is 19.4 Å². The zero-order chi connectivity index (χ0) is 14.3. The number of hydrogen-bond acceptors (Lipinski definition) is 4. The molecule has 1 amide bonds. The van der Waals surface area contributed by atoms with Crippen molar-refractivity contribution in [2.24, 2.45) is 7.05 Å². The van der Waals surface area contributed by atoms with Crippen LogP contribution in [0.2, 0.25) is 0 Å². The average Bonchev–Trinajstić information content (AvgIpc) is 2.74. The molecule has 1 rings (SSSR count). The number of ether oxygens (including phenoxy) is 1. The summed E-state index contributed by atoms with van der Waals surface area (Å²) >= 11 is 0. The van der Waals surface area contributed by atoms with Gasteiger partial charge in [-0.15, -0.1) is 0 Å². The van der Waals surface area contributed by atoms with E-state index in [1.807, 2.05) is 6.92 Å². The zero-order valence-electron chi connectivity index (χ0n) is 11.2. The van der Waals surface area contributed by atoms with Crippen molar-refractivity contribution in [1.82, 2.24) is 14.7 Å². The molecule has 0 atom stereocenters. The number of aryl methyl sites for hydroxylation is 1. The molecule has 7 nitrogen and oxygen atoms in total. The molecular formula is C12H19N3O4. The third kappa shape index (κ3) is 5.09. The van der Waals surface area contributed by atoms with E-state index in [0.29, 0.717) is 13.0 Å². The molecule has 0 radical (unpaired) electrons.